The van der Waals surface area contributed by atoms with Crippen LogP contribution in [-0.2, 0) is 9.53 Å². The van der Waals surface area contributed by atoms with Gasteiger partial charge in [-0.1, -0.05) is 34.8 Å². The molecule has 1 aromatic rings. The normalized spacial score (nSPS) is 14.1. The number of rotatable bonds is 4. The molecule has 0 bridgehead atoms. The number of carbonyl (C=O) groups is 1. The summed E-state index contributed by atoms with van der Waals surface area (Å²) in [4.78, 5) is 11.0. The Bertz CT molecular complexity index is 450. The molecule has 0 saturated heterocycles. The van der Waals surface area contributed by atoms with E-state index in [9.17, 15) is 15.0 Å². The van der Waals surface area contributed by atoms with Crippen molar-refractivity contribution in [2.75, 3.05) is 7.11 Å². The maximum absolute atomic E-state index is 11.0. The third-order valence-electron chi connectivity index (χ3n) is 2.31. The van der Waals surface area contributed by atoms with E-state index in [2.05, 4.69) is 4.74 Å². The van der Waals surface area contributed by atoms with Crippen LogP contribution in [0.4, 0.5) is 0 Å². The molecular formula is C11H11Cl3O4. The molecule has 0 aliphatic rings. The Morgan fingerprint density at radius 1 is 1.33 bits per heavy atom. The first kappa shape index (κ1) is 15.5. The molecule has 0 saturated carbocycles. The summed E-state index contributed by atoms with van der Waals surface area (Å²) in [5.41, 5.74) is 0.158. The van der Waals surface area contributed by atoms with E-state index in [0.717, 1.165) is 0 Å². The standard InChI is InChI=1S/C11H11Cl3O4/c1-18-9(16)4-8(15)11(17)6-2-5(12)3-7(13)10(6)14/h2-3,8,11,15,17H,4H2,1H3. The topological polar surface area (TPSA) is 66.8 Å². The number of aliphatic hydroxyl groups is 2. The lowest BCUT2D eigenvalue weighted by molar-refractivity contribution is -0.144. The van der Waals surface area contributed by atoms with Gasteiger partial charge in [-0.15, -0.1) is 0 Å². The predicted molar refractivity (Wildman–Crippen MR) is 69.1 cm³/mol. The number of hydrogen-bond acceptors (Lipinski definition) is 4. The maximum atomic E-state index is 11.0. The van der Waals surface area contributed by atoms with Crippen LogP contribution in [0.25, 0.3) is 0 Å². The van der Waals surface area contributed by atoms with E-state index in [-0.39, 0.29) is 27.1 Å². The minimum atomic E-state index is -1.38. The zero-order valence-corrected chi connectivity index (χ0v) is 11.6. The summed E-state index contributed by atoms with van der Waals surface area (Å²) in [5.74, 6) is -0.647. The van der Waals surface area contributed by atoms with Gasteiger partial charge in [0.2, 0.25) is 0 Å². The lowest BCUT2D eigenvalue weighted by atomic mass is 10.0. The van der Waals surface area contributed by atoms with Gasteiger partial charge in [0.15, 0.2) is 0 Å². The summed E-state index contributed by atoms with van der Waals surface area (Å²) in [7, 11) is 1.19. The Hall–Kier alpha value is -0.520. The highest BCUT2D eigenvalue weighted by atomic mass is 35.5. The molecule has 2 atom stereocenters. The van der Waals surface area contributed by atoms with E-state index in [1.807, 2.05) is 0 Å². The number of benzene rings is 1. The number of hydrogen-bond donors (Lipinski definition) is 2. The predicted octanol–water partition coefficient (Wildman–Crippen LogP) is 2.60. The molecule has 0 aromatic heterocycles. The van der Waals surface area contributed by atoms with Crippen molar-refractivity contribution >= 4 is 40.8 Å². The fourth-order valence-electron chi connectivity index (χ4n) is 1.36. The van der Waals surface area contributed by atoms with Gasteiger partial charge in [0.25, 0.3) is 0 Å². The van der Waals surface area contributed by atoms with Gasteiger partial charge in [0, 0.05) is 10.6 Å². The van der Waals surface area contributed by atoms with Crippen molar-refractivity contribution in [3.05, 3.63) is 32.8 Å². The summed E-state index contributed by atoms with van der Waals surface area (Å²) < 4.78 is 4.39. The molecule has 0 aliphatic heterocycles. The smallest absolute Gasteiger partial charge is 0.308 e. The van der Waals surface area contributed by atoms with Crippen LogP contribution in [0, 0.1) is 0 Å². The molecule has 0 amide bonds. The van der Waals surface area contributed by atoms with Crippen molar-refractivity contribution < 1.29 is 19.7 Å². The number of ether oxygens (including phenoxy) is 1. The lowest BCUT2D eigenvalue weighted by Gasteiger charge is -2.19. The summed E-state index contributed by atoms with van der Waals surface area (Å²) in [6.45, 7) is 0. The quantitative estimate of drug-likeness (QED) is 0.662. The average Bonchev–Trinajstić information content (AvgIpc) is 2.32. The summed E-state index contributed by atoms with van der Waals surface area (Å²) in [5, 5.41) is 20.1. The van der Waals surface area contributed by atoms with E-state index in [4.69, 9.17) is 34.8 Å². The zero-order valence-electron chi connectivity index (χ0n) is 9.36. The molecule has 1 rings (SSSR count). The van der Waals surface area contributed by atoms with Gasteiger partial charge >= 0.3 is 5.97 Å². The van der Waals surface area contributed by atoms with Crippen LogP contribution in [-0.4, -0.2) is 29.4 Å². The van der Waals surface area contributed by atoms with Crippen molar-refractivity contribution in [1.29, 1.82) is 0 Å². The van der Waals surface area contributed by atoms with Crippen LogP contribution < -0.4 is 0 Å². The molecule has 100 valence electrons. The molecule has 4 nitrogen and oxygen atoms in total. The molecule has 1 aromatic carbocycles. The molecule has 18 heavy (non-hydrogen) atoms. The largest absolute Gasteiger partial charge is 0.469 e. The van der Waals surface area contributed by atoms with Crippen LogP contribution in [0.3, 0.4) is 0 Å². The van der Waals surface area contributed by atoms with Gasteiger partial charge in [-0.3, -0.25) is 4.79 Å². The molecule has 2 N–H and O–H groups in total. The van der Waals surface area contributed by atoms with Crippen LogP contribution in [0.2, 0.25) is 15.1 Å². The van der Waals surface area contributed by atoms with E-state index >= 15 is 0 Å². The van der Waals surface area contributed by atoms with Gasteiger partial charge in [-0.05, 0) is 12.1 Å². The monoisotopic (exact) mass is 312 g/mol. The Labute approximate surface area is 119 Å². The van der Waals surface area contributed by atoms with E-state index in [1.165, 1.54) is 19.2 Å². The van der Waals surface area contributed by atoms with Crippen LogP contribution >= 0.6 is 34.8 Å². The molecule has 0 spiro atoms. The number of esters is 1. The second-order valence-corrected chi connectivity index (χ2v) is 4.80. The second-order valence-electron chi connectivity index (χ2n) is 3.58. The fourth-order valence-corrected chi connectivity index (χ4v) is 2.09. The third kappa shape index (κ3) is 3.73. The Kier molecular flexibility index (Phi) is 5.69. The highest BCUT2D eigenvalue weighted by molar-refractivity contribution is 6.43. The highest BCUT2D eigenvalue weighted by Gasteiger charge is 2.25. The molecule has 0 fully saturated rings. The second kappa shape index (κ2) is 6.59. The van der Waals surface area contributed by atoms with Gasteiger partial charge in [0.1, 0.15) is 6.10 Å². The molecule has 2 unspecified atom stereocenters. The van der Waals surface area contributed by atoms with Gasteiger partial charge in [-0.25, -0.2) is 0 Å². The Morgan fingerprint density at radius 2 is 1.94 bits per heavy atom. The third-order valence-corrected chi connectivity index (χ3v) is 3.34. The summed E-state index contributed by atoms with van der Waals surface area (Å²) in [6, 6.07) is 2.79. The average molecular weight is 314 g/mol. The molecule has 7 heteroatoms. The van der Waals surface area contributed by atoms with E-state index in [1.54, 1.807) is 0 Å². The number of carbonyl (C=O) groups excluding carboxylic acids is 1. The van der Waals surface area contributed by atoms with Crippen LogP contribution in [0.5, 0.6) is 0 Å². The Morgan fingerprint density at radius 3 is 2.50 bits per heavy atom. The minimum absolute atomic E-state index is 0.0810. The first-order chi connectivity index (χ1) is 8.36. The van der Waals surface area contributed by atoms with Crippen molar-refractivity contribution in [3.63, 3.8) is 0 Å². The molecule has 0 heterocycles. The van der Waals surface area contributed by atoms with Crippen molar-refractivity contribution in [2.45, 2.75) is 18.6 Å². The summed E-state index contributed by atoms with van der Waals surface area (Å²) in [6.07, 6.45) is -3.10. The first-order valence-corrected chi connectivity index (χ1v) is 6.07. The van der Waals surface area contributed by atoms with E-state index < -0.39 is 18.2 Å². The number of aliphatic hydroxyl groups excluding tert-OH is 2. The fraction of sp³-hybridized carbons (Fsp3) is 0.364. The Balaban J connectivity index is 2.96. The summed E-state index contributed by atoms with van der Waals surface area (Å²) >= 11 is 17.5. The van der Waals surface area contributed by atoms with Gasteiger partial charge in [0.05, 0.1) is 29.7 Å². The van der Waals surface area contributed by atoms with Crippen LogP contribution in [0.1, 0.15) is 18.1 Å². The zero-order chi connectivity index (χ0) is 13.9. The first-order valence-electron chi connectivity index (χ1n) is 4.94. The molecular weight excluding hydrogens is 302 g/mol. The van der Waals surface area contributed by atoms with Crippen molar-refractivity contribution in [2.24, 2.45) is 0 Å². The maximum Gasteiger partial charge on any atom is 0.308 e. The number of methoxy groups -OCH3 is 1. The van der Waals surface area contributed by atoms with Crippen molar-refractivity contribution in [1.82, 2.24) is 0 Å². The molecule has 0 aliphatic carbocycles. The number of halogens is 3. The SMILES string of the molecule is COC(=O)CC(O)C(O)c1cc(Cl)cc(Cl)c1Cl. The van der Waals surface area contributed by atoms with Gasteiger partial charge in [-0.2, -0.15) is 0 Å². The highest BCUT2D eigenvalue weighted by Crippen LogP contribution is 2.35. The molecule has 0 radical (unpaired) electrons. The van der Waals surface area contributed by atoms with Crippen molar-refractivity contribution in [3.8, 4) is 0 Å². The minimum Gasteiger partial charge on any atom is -0.469 e. The lowest BCUT2D eigenvalue weighted by Crippen LogP contribution is -2.22. The van der Waals surface area contributed by atoms with Gasteiger partial charge < -0.3 is 14.9 Å². The van der Waals surface area contributed by atoms with E-state index in [0.29, 0.717) is 0 Å². The van der Waals surface area contributed by atoms with Crippen LogP contribution in [0.15, 0.2) is 12.1 Å².